The van der Waals surface area contributed by atoms with Crippen LogP contribution in [-0.2, 0) is 0 Å². The zero-order valence-electron chi connectivity index (χ0n) is 12.5. The molecule has 1 aliphatic heterocycles. The van der Waals surface area contributed by atoms with Crippen LogP contribution in [0.15, 0.2) is 22.7 Å². The van der Waals surface area contributed by atoms with E-state index in [4.69, 9.17) is 0 Å². The van der Waals surface area contributed by atoms with Gasteiger partial charge in [0.05, 0.1) is 0 Å². The van der Waals surface area contributed by atoms with E-state index >= 15 is 0 Å². The molecule has 3 atom stereocenters. The van der Waals surface area contributed by atoms with Crippen LogP contribution in [0.4, 0.5) is 4.39 Å². The normalized spacial score (nSPS) is 25.6. The van der Waals surface area contributed by atoms with E-state index < -0.39 is 0 Å². The third kappa shape index (κ3) is 3.41. The Morgan fingerprint density at radius 2 is 2.15 bits per heavy atom. The van der Waals surface area contributed by atoms with Gasteiger partial charge in [-0.3, -0.25) is 4.90 Å². The first-order valence-electron chi connectivity index (χ1n) is 7.50. The summed E-state index contributed by atoms with van der Waals surface area (Å²) in [5.74, 6) is -0.109. The molecular weight excluding hydrogens is 319 g/mol. The van der Waals surface area contributed by atoms with Crippen molar-refractivity contribution in [3.8, 4) is 0 Å². The van der Waals surface area contributed by atoms with Gasteiger partial charge in [0, 0.05) is 41.3 Å². The molecule has 4 heteroatoms. The summed E-state index contributed by atoms with van der Waals surface area (Å²) in [5, 5.41) is 3.59. The lowest BCUT2D eigenvalue weighted by Crippen LogP contribution is -2.56. The molecule has 112 valence electrons. The minimum Gasteiger partial charge on any atom is -0.311 e. The Hall–Kier alpha value is -0.450. The van der Waals surface area contributed by atoms with Crippen molar-refractivity contribution >= 4 is 15.9 Å². The van der Waals surface area contributed by atoms with Crippen LogP contribution in [0.25, 0.3) is 0 Å². The molecule has 0 radical (unpaired) electrons. The van der Waals surface area contributed by atoms with Crippen LogP contribution >= 0.6 is 15.9 Å². The van der Waals surface area contributed by atoms with Crippen molar-refractivity contribution in [3.63, 3.8) is 0 Å². The Bertz CT molecular complexity index is 452. The van der Waals surface area contributed by atoms with E-state index in [0.29, 0.717) is 12.1 Å². The maximum Gasteiger partial charge on any atom is 0.128 e. The molecule has 0 bridgehead atoms. The zero-order chi connectivity index (χ0) is 14.7. The Kier molecular flexibility index (Phi) is 5.58. The molecule has 0 amide bonds. The van der Waals surface area contributed by atoms with Crippen LogP contribution in [0, 0.1) is 5.82 Å². The van der Waals surface area contributed by atoms with Gasteiger partial charge in [-0.2, -0.15) is 0 Å². The van der Waals surface area contributed by atoms with Gasteiger partial charge in [-0.25, -0.2) is 4.39 Å². The number of hydrogen-bond donors (Lipinski definition) is 1. The van der Waals surface area contributed by atoms with Gasteiger partial charge in [0.1, 0.15) is 5.82 Å². The molecular formula is C16H24BrFN2. The van der Waals surface area contributed by atoms with E-state index in [1.807, 2.05) is 6.07 Å². The summed E-state index contributed by atoms with van der Waals surface area (Å²) < 4.78 is 15.1. The summed E-state index contributed by atoms with van der Waals surface area (Å²) in [6.07, 6.45) is 2.20. The predicted octanol–water partition coefficient (Wildman–Crippen LogP) is 4.11. The molecule has 0 aliphatic carbocycles. The Morgan fingerprint density at radius 1 is 1.40 bits per heavy atom. The maximum absolute atomic E-state index is 14.1. The molecule has 0 saturated carbocycles. The van der Waals surface area contributed by atoms with Gasteiger partial charge in [0.2, 0.25) is 0 Å². The number of halogens is 2. The second-order valence-electron chi connectivity index (χ2n) is 5.61. The molecule has 0 aromatic heterocycles. The lowest BCUT2D eigenvalue weighted by atomic mass is 9.98. The van der Waals surface area contributed by atoms with Gasteiger partial charge < -0.3 is 5.32 Å². The van der Waals surface area contributed by atoms with Gasteiger partial charge in [0.15, 0.2) is 0 Å². The van der Waals surface area contributed by atoms with Crippen LogP contribution in [0.1, 0.15) is 45.2 Å². The van der Waals surface area contributed by atoms with E-state index in [2.05, 4.69) is 46.9 Å². The van der Waals surface area contributed by atoms with Crippen molar-refractivity contribution in [1.82, 2.24) is 10.2 Å². The summed E-state index contributed by atoms with van der Waals surface area (Å²) in [4.78, 5) is 2.45. The topological polar surface area (TPSA) is 15.3 Å². The lowest BCUT2D eigenvalue weighted by Gasteiger charge is -2.43. The van der Waals surface area contributed by atoms with E-state index in [-0.39, 0.29) is 11.9 Å². The van der Waals surface area contributed by atoms with E-state index in [9.17, 15) is 4.39 Å². The number of benzene rings is 1. The van der Waals surface area contributed by atoms with Crippen molar-refractivity contribution in [2.75, 3.05) is 13.1 Å². The Morgan fingerprint density at radius 3 is 2.80 bits per heavy atom. The van der Waals surface area contributed by atoms with Gasteiger partial charge in [-0.15, -0.1) is 0 Å². The smallest absolute Gasteiger partial charge is 0.128 e. The molecule has 1 aromatic rings. The number of nitrogens with one attached hydrogen (secondary N) is 1. The summed E-state index contributed by atoms with van der Waals surface area (Å²) in [6.45, 7) is 8.50. The van der Waals surface area contributed by atoms with Gasteiger partial charge in [-0.1, -0.05) is 29.8 Å². The van der Waals surface area contributed by atoms with E-state index in [1.165, 1.54) is 0 Å². The monoisotopic (exact) mass is 342 g/mol. The van der Waals surface area contributed by atoms with Gasteiger partial charge in [-0.05, 0) is 38.0 Å². The average molecular weight is 343 g/mol. The first-order chi connectivity index (χ1) is 9.56. The zero-order valence-corrected chi connectivity index (χ0v) is 14.1. The SMILES string of the molecule is CCC1CN(C(C)c2cc(Br)ccc2F)C(CC)CN1. The number of hydrogen-bond acceptors (Lipinski definition) is 2. The third-order valence-electron chi connectivity index (χ3n) is 4.41. The quantitative estimate of drug-likeness (QED) is 0.885. The fraction of sp³-hybridized carbons (Fsp3) is 0.625. The molecule has 2 nitrogen and oxygen atoms in total. The van der Waals surface area contributed by atoms with Crippen LogP contribution in [0.2, 0.25) is 0 Å². The maximum atomic E-state index is 14.1. The molecule has 1 saturated heterocycles. The highest BCUT2D eigenvalue weighted by Gasteiger charge is 2.30. The molecule has 1 fully saturated rings. The first-order valence-corrected chi connectivity index (χ1v) is 8.30. The fourth-order valence-electron chi connectivity index (χ4n) is 3.03. The molecule has 2 rings (SSSR count). The number of nitrogens with zero attached hydrogens (tertiary/aromatic N) is 1. The Labute approximate surface area is 129 Å². The Balaban J connectivity index is 2.24. The second-order valence-corrected chi connectivity index (χ2v) is 6.53. The highest BCUT2D eigenvalue weighted by molar-refractivity contribution is 9.10. The number of piperazine rings is 1. The average Bonchev–Trinajstić information content (AvgIpc) is 2.48. The molecule has 3 unspecified atom stereocenters. The van der Waals surface area contributed by atoms with Crippen molar-refractivity contribution < 1.29 is 4.39 Å². The van der Waals surface area contributed by atoms with Crippen LogP contribution in [0.5, 0.6) is 0 Å². The summed E-state index contributed by atoms with van der Waals surface area (Å²) in [5.41, 5.74) is 0.787. The molecule has 20 heavy (non-hydrogen) atoms. The largest absolute Gasteiger partial charge is 0.311 e. The van der Waals surface area contributed by atoms with Crippen LogP contribution in [-0.4, -0.2) is 30.1 Å². The van der Waals surface area contributed by atoms with E-state index in [0.717, 1.165) is 36.0 Å². The van der Waals surface area contributed by atoms with Crippen LogP contribution in [0.3, 0.4) is 0 Å². The minimum absolute atomic E-state index is 0.105. The second kappa shape index (κ2) is 7.01. The third-order valence-corrected chi connectivity index (χ3v) is 4.91. The standard InChI is InChI=1S/C16H24BrFN2/c1-4-13-10-20(14(5-2)9-19-13)11(3)15-8-12(17)6-7-16(15)18/h6-8,11,13-14,19H,4-5,9-10H2,1-3H3. The molecule has 1 aromatic carbocycles. The highest BCUT2D eigenvalue weighted by Crippen LogP contribution is 2.29. The van der Waals surface area contributed by atoms with Gasteiger partial charge in [0.25, 0.3) is 0 Å². The fourth-order valence-corrected chi connectivity index (χ4v) is 3.41. The van der Waals surface area contributed by atoms with Crippen molar-refractivity contribution in [1.29, 1.82) is 0 Å². The molecule has 1 heterocycles. The first kappa shape index (κ1) is 15.9. The molecule has 1 N–H and O–H groups in total. The van der Waals surface area contributed by atoms with Crippen LogP contribution < -0.4 is 5.32 Å². The predicted molar refractivity (Wildman–Crippen MR) is 85.4 cm³/mol. The highest BCUT2D eigenvalue weighted by atomic mass is 79.9. The van der Waals surface area contributed by atoms with Gasteiger partial charge >= 0.3 is 0 Å². The van der Waals surface area contributed by atoms with E-state index in [1.54, 1.807) is 12.1 Å². The van der Waals surface area contributed by atoms with Crippen molar-refractivity contribution in [2.24, 2.45) is 0 Å². The number of rotatable bonds is 4. The molecule has 1 aliphatic rings. The van der Waals surface area contributed by atoms with Crippen molar-refractivity contribution in [2.45, 2.75) is 51.7 Å². The minimum atomic E-state index is -0.109. The summed E-state index contributed by atoms with van der Waals surface area (Å²) in [6, 6.07) is 6.32. The van der Waals surface area contributed by atoms with Crippen molar-refractivity contribution in [3.05, 3.63) is 34.1 Å². The summed E-state index contributed by atoms with van der Waals surface area (Å²) >= 11 is 3.45. The molecule has 0 spiro atoms. The lowest BCUT2D eigenvalue weighted by molar-refractivity contribution is 0.0834. The summed E-state index contributed by atoms with van der Waals surface area (Å²) in [7, 11) is 0.